The van der Waals surface area contributed by atoms with Crippen molar-refractivity contribution >= 4 is 17.3 Å². The predicted molar refractivity (Wildman–Crippen MR) is 72.0 cm³/mol. The van der Waals surface area contributed by atoms with Crippen LogP contribution in [-0.4, -0.2) is 0 Å². The monoisotopic (exact) mass is 218 g/mol. The average molecular weight is 218 g/mol. The second-order valence-corrected chi connectivity index (χ2v) is 5.11. The molecule has 0 atom stereocenters. The fraction of sp³-hybridized carbons (Fsp3) is 0.286. The molecule has 0 N–H and O–H groups in total. The van der Waals surface area contributed by atoms with Gasteiger partial charge in [-0.25, -0.2) is 0 Å². The van der Waals surface area contributed by atoms with Crippen molar-refractivity contribution in [3.63, 3.8) is 0 Å². The summed E-state index contributed by atoms with van der Waals surface area (Å²) in [5, 5.41) is 2.17. The van der Waals surface area contributed by atoms with Crippen LogP contribution in [0, 0.1) is 13.8 Å². The Balaban J connectivity index is 2.99. The molecule has 0 aromatic heterocycles. The van der Waals surface area contributed by atoms with Crippen molar-refractivity contribution in [3.8, 4) is 0 Å². The molecule has 1 rings (SSSR count). The van der Waals surface area contributed by atoms with Crippen LogP contribution in [0.4, 0.5) is 0 Å². The Kier molecular flexibility index (Phi) is 4.22. The maximum absolute atomic E-state index is 3.88. The SMILES string of the molecule is C=C(C)S/C=C(\C)c1cc(C)ccc1C. The molecule has 0 aliphatic carbocycles. The van der Waals surface area contributed by atoms with Gasteiger partial charge in [-0.3, -0.25) is 0 Å². The lowest BCUT2D eigenvalue weighted by atomic mass is 10.0. The molecule has 1 heteroatoms. The van der Waals surface area contributed by atoms with E-state index in [2.05, 4.69) is 51.0 Å². The van der Waals surface area contributed by atoms with Gasteiger partial charge < -0.3 is 0 Å². The Labute approximate surface area is 97.1 Å². The summed E-state index contributed by atoms with van der Waals surface area (Å²) >= 11 is 1.69. The Bertz CT molecular complexity index is 400. The van der Waals surface area contributed by atoms with Crippen LogP contribution in [0.3, 0.4) is 0 Å². The van der Waals surface area contributed by atoms with Gasteiger partial charge in [-0.15, -0.1) is 11.8 Å². The molecule has 0 fully saturated rings. The quantitative estimate of drug-likeness (QED) is 0.693. The van der Waals surface area contributed by atoms with Gasteiger partial charge in [0.05, 0.1) is 0 Å². The third kappa shape index (κ3) is 3.60. The number of allylic oxidation sites excluding steroid dienone is 2. The van der Waals surface area contributed by atoms with Gasteiger partial charge in [0.25, 0.3) is 0 Å². The predicted octanol–water partition coefficient (Wildman–Crippen LogP) is 4.93. The maximum atomic E-state index is 3.88. The third-order valence-electron chi connectivity index (χ3n) is 2.25. The molecule has 0 nitrogen and oxygen atoms in total. The van der Waals surface area contributed by atoms with E-state index in [-0.39, 0.29) is 0 Å². The van der Waals surface area contributed by atoms with Crippen molar-refractivity contribution < 1.29 is 0 Å². The fourth-order valence-electron chi connectivity index (χ4n) is 1.41. The van der Waals surface area contributed by atoms with Gasteiger partial charge >= 0.3 is 0 Å². The van der Waals surface area contributed by atoms with Crippen LogP contribution in [0.2, 0.25) is 0 Å². The first-order valence-corrected chi connectivity index (χ1v) is 5.95. The van der Waals surface area contributed by atoms with Crippen LogP contribution in [0.1, 0.15) is 30.5 Å². The highest BCUT2D eigenvalue weighted by Gasteiger charge is 2.00. The number of thioether (sulfide) groups is 1. The first kappa shape index (κ1) is 12.1. The molecule has 0 bridgehead atoms. The lowest BCUT2D eigenvalue weighted by molar-refractivity contribution is 1.35. The van der Waals surface area contributed by atoms with E-state index in [1.54, 1.807) is 11.8 Å². The molecule has 15 heavy (non-hydrogen) atoms. The van der Waals surface area contributed by atoms with Crippen LogP contribution in [0.5, 0.6) is 0 Å². The summed E-state index contributed by atoms with van der Waals surface area (Å²) < 4.78 is 0. The van der Waals surface area contributed by atoms with Gasteiger partial charge in [0.15, 0.2) is 0 Å². The largest absolute Gasteiger partial charge is 0.103 e. The van der Waals surface area contributed by atoms with Crippen LogP contribution >= 0.6 is 11.8 Å². The summed E-state index contributed by atoms with van der Waals surface area (Å²) in [6.45, 7) is 12.3. The number of hydrogen-bond acceptors (Lipinski definition) is 1. The van der Waals surface area contributed by atoms with Crippen molar-refractivity contribution in [2.45, 2.75) is 27.7 Å². The topological polar surface area (TPSA) is 0 Å². The number of hydrogen-bond donors (Lipinski definition) is 0. The molecule has 1 aromatic rings. The van der Waals surface area contributed by atoms with Gasteiger partial charge in [-0.1, -0.05) is 30.3 Å². The Morgan fingerprint density at radius 3 is 2.53 bits per heavy atom. The zero-order valence-electron chi connectivity index (χ0n) is 9.92. The van der Waals surface area contributed by atoms with Crippen molar-refractivity contribution in [2.75, 3.05) is 0 Å². The van der Waals surface area contributed by atoms with Crippen LogP contribution in [0.15, 0.2) is 35.1 Å². The molecular formula is C14H18S. The molecule has 0 unspecified atom stereocenters. The van der Waals surface area contributed by atoms with E-state index in [4.69, 9.17) is 0 Å². The van der Waals surface area contributed by atoms with E-state index >= 15 is 0 Å². The van der Waals surface area contributed by atoms with E-state index in [0.717, 1.165) is 4.91 Å². The normalized spacial score (nSPS) is 11.6. The van der Waals surface area contributed by atoms with Crippen LogP contribution in [0.25, 0.3) is 5.57 Å². The highest BCUT2D eigenvalue weighted by Crippen LogP contribution is 2.25. The number of aryl methyl sites for hydroxylation is 2. The molecule has 0 aliphatic rings. The second kappa shape index (κ2) is 5.22. The second-order valence-electron chi connectivity index (χ2n) is 3.94. The first-order chi connectivity index (χ1) is 7.00. The smallest absolute Gasteiger partial charge is 0.0190 e. The van der Waals surface area contributed by atoms with E-state index in [0.29, 0.717) is 0 Å². The van der Waals surface area contributed by atoms with Crippen molar-refractivity contribution in [1.29, 1.82) is 0 Å². The van der Waals surface area contributed by atoms with Gasteiger partial charge in [0.2, 0.25) is 0 Å². The van der Waals surface area contributed by atoms with E-state index < -0.39 is 0 Å². The number of rotatable bonds is 3. The Morgan fingerprint density at radius 1 is 1.27 bits per heavy atom. The maximum Gasteiger partial charge on any atom is -0.0190 e. The average Bonchev–Trinajstić information content (AvgIpc) is 2.18. The Hall–Kier alpha value is -0.950. The summed E-state index contributed by atoms with van der Waals surface area (Å²) in [5.41, 5.74) is 5.29. The summed E-state index contributed by atoms with van der Waals surface area (Å²) in [7, 11) is 0. The minimum atomic E-state index is 1.12. The molecule has 0 amide bonds. The number of benzene rings is 1. The molecule has 0 radical (unpaired) electrons. The minimum absolute atomic E-state index is 1.12. The van der Waals surface area contributed by atoms with Gasteiger partial charge in [0.1, 0.15) is 0 Å². The standard InChI is InChI=1S/C14H18S/c1-10(2)15-9-13(5)14-8-11(3)6-7-12(14)4/h6-9H,1H2,2-5H3/b13-9+. The lowest BCUT2D eigenvalue weighted by Gasteiger charge is -2.07. The van der Waals surface area contributed by atoms with Crippen molar-refractivity contribution in [1.82, 2.24) is 0 Å². The van der Waals surface area contributed by atoms with Gasteiger partial charge in [-0.05, 0) is 54.7 Å². The van der Waals surface area contributed by atoms with Crippen molar-refractivity contribution in [3.05, 3.63) is 51.8 Å². The van der Waals surface area contributed by atoms with Gasteiger partial charge in [0, 0.05) is 0 Å². The molecule has 0 saturated heterocycles. The van der Waals surface area contributed by atoms with E-state index in [1.807, 2.05) is 6.92 Å². The van der Waals surface area contributed by atoms with Crippen LogP contribution in [-0.2, 0) is 0 Å². The molecule has 0 spiro atoms. The summed E-state index contributed by atoms with van der Waals surface area (Å²) in [6, 6.07) is 6.56. The van der Waals surface area contributed by atoms with Crippen molar-refractivity contribution in [2.24, 2.45) is 0 Å². The third-order valence-corrected chi connectivity index (χ3v) is 3.13. The zero-order chi connectivity index (χ0) is 11.4. The Morgan fingerprint density at radius 2 is 1.93 bits per heavy atom. The minimum Gasteiger partial charge on any atom is -0.103 e. The summed E-state index contributed by atoms with van der Waals surface area (Å²) in [4.78, 5) is 1.12. The zero-order valence-corrected chi connectivity index (χ0v) is 10.7. The molecular weight excluding hydrogens is 200 g/mol. The van der Waals surface area contributed by atoms with Crippen LogP contribution < -0.4 is 0 Å². The highest BCUT2D eigenvalue weighted by molar-refractivity contribution is 8.05. The lowest BCUT2D eigenvalue weighted by Crippen LogP contribution is -1.86. The van der Waals surface area contributed by atoms with Gasteiger partial charge in [-0.2, -0.15) is 0 Å². The highest BCUT2D eigenvalue weighted by atomic mass is 32.2. The van der Waals surface area contributed by atoms with E-state index in [9.17, 15) is 0 Å². The fourth-order valence-corrected chi connectivity index (χ4v) is 1.92. The first-order valence-electron chi connectivity index (χ1n) is 5.07. The summed E-state index contributed by atoms with van der Waals surface area (Å²) in [5.74, 6) is 0. The molecule has 0 aliphatic heterocycles. The van der Waals surface area contributed by atoms with E-state index in [1.165, 1.54) is 22.3 Å². The molecule has 0 saturated carbocycles. The molecule has 0 heterocycles. The molecule has 80 valence electrons. The molecule has 1 aromatic carbocycles. The summed E-state index contributed by atoms with van der Waals surface area (Å²) in [6.07, 6.45) is 0.